The molecule has 0 radical (unpaired) electrons. The van der Waals surface area contributed by atoms with Gasteiger partial charge in [-0.15, -0.1) is 0 Å². The molecule has 0 aliphatic carbocycles. The van der Waals surface area contributed by atoms with E-state index >= 15 is 0 Å². The first-order chi connectivity index (χ1) is 14.6. The Morgan fingerprint density at radius 2 is 2.03 bits per heavy atom. The number of thioether (sulfide) groups is 1. The lowest BCUT2D eigenvalue weighted by Crippen LogP contribution is -2.23. The molecule has 0 spiro atoms. The zero-order valence-corrected chi connectivity index (χ0v) is 16.8. The van der Waals surface area contributed by atoms with Crippen molar-refractivity contribution in [2.45, 2.75) is 17.5 Å². The summed E-state index contributed by atoms with van der Waals surface area (Å²) < 4.78 is 12.3. The van der Waals surface area contributed by atoms with Gasteiger partial charge in [0.1, 0.15) is 11.5 Å². The van der Waals surface area contributed by atoms with Crippen molar-refractivity contribution >= 4 is 28.4 Å². The monoisotopic (exact) mass is 423 g/mol. The summed E-state index contributed by atoms with van der Waals surface area (Å²) in [5, 5.41) is 12.1. The van der Waals surface area contributed by atoms with E-state index in [1.165, 1.54) is 31.0 Å². The number of benzene rings is 2. The van der Waals surface area contributed by atoms with Crippen LogP contribution in [0.25, 0.3) is 10.9 Å². The van der Waals surface area contributed by atoms with Crippen LogP contribution in [0.5, 0.6) is 5.75 Å². The maximum atomic E-state index is 13.1. The number of hydrogen-bond acceptors (Lipinski definition) is 7. The molecule has 9 heteroatoms. The molecule has 2 heterocycles. The minimum atomic E-state index is -0.450. The van der Waals surface area contributed by atoms with Gasteiger partial charge >= 0.3 is 0 Å². The van der Waals surface area contributed by atoms with Crippen molar-refractivity contribution in [3.8, 4) is 5.75 Å². The molecule has 0 atom stereocenters. The Labute approximate surface area is 175 Å². The second-order valence-corrected chi connectivity index (χ2v) is 7.37. The number of nitrogens with zero attached hydrogens (tertiary/aromatic N) is 3. The summed E-state index contributed by atoms with van der Waals surface area (Å²) in [5.74, 6) is 1.51. The minimum absolute atomic E-state index is 0.0224. The van der Waals surface area contributed by atoms with Gasteiger partial charge in [-0.1, -0.05) is 23.9 Å². The maximum absolute atomic E-state index is 13.1. The number of aromatic nitrogens is 2. The second kappa shape index (κ2) is 8.42. The lowest BCUT2D eigenvalue weighted by atomic mass is 10.2. The SMILES string of the molecule is COc1ccc([N+](=O)[O-])cc1CSc1nc2ccccc2c(=O)n1Cc1ccco1. The van der Waals surface area contributed by atoms with Crippen molar-refractivity contribution < 1.29 is 14.1 Å². The van der Waals surface area contributed by atoms with Gasteiger partial charge in [0.15, 0.2) is 5.16 Å². The molecule has 0 saturated heterocycles. The fourth-order valence-electron chi connectivity index (χ4n) is 3.09. The van der Waals surface area contributed by atoms with Gasteiger partial charge < -0.3 is 9.15 Å². The van der Waals surface area contributed by atoms with Gasteiger partial charge in [-0.2, -0.15) is 0 Å². The van der Waals surface area contributed by atoms with Crippen molar-refractivity contribution in [2.24, 2.45) is 0 Å². The number of ether oxygens (including phenoxy) is 1. The van der Waals surface area contributed by atoms with Crippen LogP contribution in [0.15, 0.2) is 75.2 Å². The fourth-order valence-corrected chi connectivity index (χ4v) is 4.07. The lowest BCUT2D eigenvalue weighted by molar-refractivity contribution is -0.384. The molecular formula is C21H17N3O5S. The highest BCUT2D eigenvalue weighted by Crippen LogP contribution is 2.30. The highest BCUT2D eigenvalue weighted by atomic mass is 32.2. The first-order valence-corrected chi connectivity index (χ1v) is 10.0. The number of methoxy groups -OCH3 is 1. The van der Waals surface area contributed by atoms with Crippen LogP contribution in [-0.4, -0.2) is 21.6 Å². The molecule has 30 heavy (non-hydrogen) atoms. The van der Waals surface area contributed by atoms with Crippen LogP contribution in [0.1, 0.15) is 11.3 Å². The Hall–Kier alpha value is -3.59. The molecule has 0 bridgehead atoms. The lowest BCUT2D eigenvalue weighted by Gasteiger charge is -2.13. The van der Waals surface area contributed by atoms with Gasteiger partial charge in [-0.25, -0.2) is 4.98 Å². The third kappa shape index (κ3) is 3.92. The third-order valence-electron chi connectivity index (χ3n) is 4.55. The van der Waals surface area contributed by atoms with Crippen LogP contribution in [0.4, 0.5) is 5.69 Å². The molecule has 0 aliphatic heterocycles. The molecule has 0 aliphatic rings. The predicted molar refractivity (Wildman–Crippen MR) is 113 cm³/mol. The Balaban J connectivity index is 1.74. The van der Waals surface area contributed by atoms with E-state index in [0.717, 1.165) is 0 Å². The van der Waals surface area contributed by atoms with Crippen molar-refractivity contribution in [1.82, 2.24) is 9.55 Å². The molecule has 0 amide bonds. The van der Waals surface area contributed by atoms with Crippen LogP contribution in [0.2, 0.25) is 0 Å². The molecule has 2 aromatic carbocycles. The van der Waals surface area contributed by atoms with Crippen molar-refractivity contribution in [2.75, 3.05) is 7.11 Å². The number of fused-ring (bicyclic) bond motifs is 1. The average Bonchev–Trinajstić information content (AvgIpc) is 3.27. The molecule has 0 saturated carbocycles. The molecule has 4 aromatic rings. The van der Waals surface area contributed by atoms with E-state index in [4.69, 9.17) is 9.15 Å². The number of rotatable bonds is 7. The van der Waals surface area contributed by atoms with Crippen molar-refractivity contribution in [3.05, 3.63) is 92.7 Å². The average molecular weight is 423 g/mol. The molecule has 0 N–H and O–H groups in total. The van der Waals surface area contributed by atoms with Crippen LogP contribution >= 0.6 is 11.8 Å². The van der Waals surface area contributed by atoms with Gasteiger partial charge in [0.25, 0.3) is 11.2 Å². The van der Waals surface area contributed by atoms with E-state index < -0.39 is 4.92 Å². The molecule has 0 unspecified atom stereocenters. The summed E-state index contributed by atoms with van der Waals surface area (Å²) in [6.45, 7) is 0.234. The largest absolute Gasteiger partial charge is 0.496 e. The van der Waals surface area contributed by atoms with Crippen LogP contribution in [-0.2, 0) is 12.3 Å². The summed E-state index contributed by atoms with van der Waals surface area (Å²) in [6, 6.07) is 15.1. The number of non-ortho nitro benzene ring substituents is 1. The van der Waals surface area contributed by atoms with Gasteiger partial charge in [-0.05, 0) is 30.3 Å². The van der Waals surface area contributed by atoms with E-state index in [-0.39, 0.29) is 17.8 Å². The van der Waals surface area contributed by atoms with E-state index in [0.29, 0.717) is 38.9 Å². The van der Waals surface area contributed by atoms with Crippen LogP contribution in [0.3, 0.4) is 0 Å². The first-order valence-electron chi connectivity index (χ1n) is 9.03. The Morgan fingerprint density at radius 3 is 2.77 bits per heavy atom. The summed E-state index contributed by atoms with van der Waals surface area (Å²) in [6.07, 6.45) is 1.55. The van der Waals surface area contributed by atoms with E-state index in [9.17, 15) is 14.9 Å². The maximum Gasteiger partial charge on any atom is 0.270 e. The third-order valence-corrected chi connectivity index (χ3v) is 5.58. The number of hydrogen-bond donors (Lipinski definition) is 0. The van der Waals surface area contributed by atoms with Gasteiger partial charge in [0.2, 0.25) is 0 Å². The Kier molecular flexibility index (Phi) is 5.53. The smallest absolute Gasteiger partial charge is 0.270 e. The summed E-state index contributed by atoms with van der Waals surface area (Å²) in [5.41, 5.74) is 1.03. The standard InChI is InChI=1S/C21H17N3O5S/c1-28-19-9-8-15(24(26)27)11-14(19)13-30-21-22-18-7-3-2-6-17(18)20(25)23(21)12-16-5-4-10-29-16/h2-11H,12-13H2,1H3. The number of nitro benzene ring substituents is 1. The van der Waals surface area contributed by atoms with Gasteiger partial charge in [0.05, 0.1) is 35.7 Å². The van der Waals surface area contributed by atoms with Crippen molar-refractivity contribution in [1.29, 1.82) is 0 Å². The molecule has 0 fully saturated rings. The molecule has 2 aromatic heterocycles. The first kappa shape index (κ1) is 19.7. The zero-order valence-electron chi connectivity index (χ0n) is 16.0. The van der Waals surface area contributed by atoms with Crippen molar-refractivity contribution in [3.63, 3.8) is 0 Å². The molecular weight excluding hydrogens is 406 g/mol. The highest BCUT2D eigenvalue weighted by Gasteiger charge is 2.16. The van der Waals surface area contributed by atoms with Crippen LogP contribution in [0, 0.1) is 10.1 Å². The van der Waals surface area contributed by atoms with E-state index in [1.54, 1.807) is 47.2 Å². The van der Waals surface area contributed by atoms with Crippen LogP contribution < -0.4 is 10.3 Å². The summed E-state index contributed by atoms with van der Waals surface area (Å²) in [7, 11) is 1.51. The predicted octanol–water partition coefficient (Wildman–Crippen LogP) is 4.25. The molecule has 8 nitrogen and oxygen atoms in total. The quantitative estimate of drug-likeness (QED) is 0.190. The number of nitro groups is 1. The molecule has 4 rings (SSSR count). The minimum Gasteiger partial charge on any atom is -0.496 e. The zero-order chi connectivity index (χ0) is 21.1. The fraction of sp³-hybridized carbons (Fsp3) is 0.143. The van der Waals surface area contributed by atoms with E-state index in [2.05, 4.69) is 4.98 Å². The number of para-hydroxylation sites is 1. The van der Waals surface area contributed by atoms with E-state index in [1.807, 2.05) is 6.07 Å². The highest BCUT2D eigenvalue weighted by molar-refractivity contribution is 7.98. The molecule has 152 valence electrons. The topological polar surface area (TPSA) is 100 Å². The summed E-state index contributed by atoms with van der Waals surface area (Å²) in [4.78, 5) is 28.5. The van der Waals surface area contributed by atoms with Gasteiger partial charge in [0, 0.05) is 23.4 Å². The van der Waals surface area contributed by atoms with Gasteiger partial charge in [-0.3, -0.25) is 19.5 Å². The summed E-state index contributed by atoms with van der Waals surface area (Å²) >= 11 is 1.31. The Morgan fingerprint density at radius 1 is 1.20 bits per heavy atom. The second-order valence-electron chi connectivity index (χ2n) is 6.42. The number of furan rings is 1. The normalized spacial score (nSPS) is 11.0. The Bertz CT molecular complexity index is 1270.